The van der Waals surface area contributed by atoms with Gasteiger partial charge in [0.15, 0.2) is 0 Å². The Morgan fingerprint density at radius 1 is 0.875 bits per heavy atom. The van der Waals surface area contributed by atoms with Crippen LogP contribution < -0.4 is 4.90 Å². The zero-order valence-corrected chi connectivity index (χ0v) is 17.3. The summed E-state index contributed by atoms with van der Waals surface area (Å²) in [6.07, 6.45) is 2.17. The summed E-state index contributed by atoms with van der Waals surface area (Å²) in [5.74, 6) is -1.05. The molecule has 0 unspecified atom stereocenters. The smallest absolute Gasteiger partial charge is 0.330 e. The second-order valence-corrected chi connectivity index (χ2v) is 6.22. The average molecular weight is 438 g/mol. The van der Waals surface area contributed by atoms with Crippen molar-refractivity contribution in [2.75, 3.05) is 31.2 Å². The van der Waals surface area contributed by atoms with Gasteiger partial charge in [-0.05, 0) is 36.4 Å². The van der Waals surface area contributed by atoms with Gasteiger partial charge in [-0.15, -0.1) is 0 Å². The number of rotatable bonds is 12. The summed E-state index contributed by atoms with van der Waals surface area (Å²) in [7, 11) is 0. The maximum Gasteiger partial charge on any atom is 0.330 e. The molecule has 0 saturated carbocycles. The predicted molar refractivity (Wildman–Crippen MR) is 118 cm³/mol. The molecule has 0 fully saturated rings. The first kappa shape index (κ1) is 23.9. The molecule has 0 spiro atoms. The molecule has 2 aromatic rings. The predicted octanol–water partition coefficient (Wildman–Crippen LogP) is 4.28. The van der Waals surface area contributed by atoms with Gasteiger partial charge in [-0.2, -0.15) is 10.2 Å². The SMILES string of the molecule is C=CC(=O)OCCN(CCOC(=O)C=C)c1ccc(N=Nc2ccc([N+](=O)[O-])cc2)cc1. The minimum Gasteiger partial charge on any atom is -0.461 e. The first-order valence-electron chi connectivity index (χ1n) is 9.52. The van der Waals surface area contributed by atoms with E-state index in [4.69, 9.17) is 9.47 Å². The van der Waals surface area contributed by atoms with Gasteiger partial charge in [-0.1, -0.05) is 13.2 Å². The van der Waals surface area contributed by atoms with Crippen LogP contribution in [0.3, 0.4) is 0 Å². The molecule has 10 heteroatoms. The average Bonchev–Trinajstić information content (AvgIpc) is 2.82. The molecular formula is C22H22N4O6. The minimum atomic E-state index is -0.523. The highest BCUT2D eigenvalue weighted by Crippen LogP contribution is 2.23. The zero-order valence-electron chi connectivity index (χ0n) is 17.3. The quantitative estimate of drug-likeness (QED) is 0.159. The molecule has 166 valence electrons. The molecule has 0 atom stereocenters. The van der Waals surface area contributed by atoms with E-state index in [1.54, 1.807) is 24.3 Å². The van der Waals surface area contributed by atoms with Crippen LogP contribution in [0.5, 0.6) is 0 Å². The second kappa shape index (κ2) is 12.4. The molecule has 10 nitrogen and oxygen atoms in total. The van der Waals surface area contributed by atoms with E-state index in [1.165, 1.54) is 24.3 Å². The van der Waals surface area contributed by atoms with Crippen LogP contribution >= 0.6 is 0 Å². The van der Waals surface area contributed by atoms with E-state index in [2.05, 4.69) is 23.4 Å². The molecule has 2 aromatic carbocycles. The molecule has 0 N–H and O–H groups in total. The number of hydrogen-bond donors (Lipinski definition) is 0. The Morgan fingerprint density at radius 2 is 1.31 bits per heavy atom. The summed E-state index contributed by atoms with van der Waals surface area (Å²) in [6.45, 7) is 7.70. The molecule has 0 aliphatic carbocycles. The molecule has 2 rings (SSSR count). The highest BCUT2D eigenvalue weighted by Gasteiger charge is 2.09. The lowest BCUT2D eigenvalue weighted by Crippen LogP contribution is -2.31. The normalized spacial score (nSPS) is 10.4. The van der Waals surface area contributed by atoms with E-state index < -0.39 is 16.9 Å². The van der Waals surface area contributed by atoms with Crippen LogP contribution in [0.2, 0.25) is 0 Å². The third-order valence-corrected chi connectivity index (χ3v) is 4.10. The molecule has 0 aliphatic rings. The second-order valence-electron chi connectivity index (χ2n) is 6.22. The fraction of sp³-hybridized carbons (Fsp3) is 0.182. The molecule has 32 heavy (non-hydrogen) atoms. The van der Waals surface area contributed by atoms with Gasteiger partial charge in [-0.25, -0.2) is 9.59 Å². The Labute approximate surface area is 184 Å². The van der Waals surface area contributed by atoms with E-state index in [0.29, 0.717) is 24.5 Å². The highest BCUT2D eigenvalue weighted by atomic mass is 16.6. The van der Waals surface area contributed by atoms with Crippen molar-refractivity contribution in [3.8, 4) is 0 Å². The van der Waals surface area contributed by atoms with E-state index >= 15 is 0 Å². The fourth-order valence-electron chi connectivity index (χ4n) is 2.49. The van der Waals surface area contributed by atoms with Crippen LogP contribution in [0.1, 0.15) is 0 Å². The summed E-state index contributed by atoms with van der Waals surface area (Å²) in [5.41, 5.74) is 1.83. The molecule has 0 saturated heterocycles. The van der Waals surface area contributed by atoms with Crippen LogP contribution in [0.25, 0.3) is 0 Å². The van der Waals surface area contributed by atoms with Crippen molar-refractivity contribution in [3.63, 3.8) is 0 Å². The van der Waals surface area contributed by atoms with Gasteiger partial charge >= 0.3 is 11.9 Å². The number of nitro groups is 1. The van der Waals surface area contributed by atoms with Crippen molar-refractivity contribution in [1.29, 1.82) is 0 Å². The van der Waals surface area contributed by atoms with Crippen molar-refractivity contribution in [3.05, 3.63) is 84.0 Å². The maximum atomic E-state index is 11.3. The molecule has 0 heterocycles. The maximum absolute atomic E-state index is 11.3. The first-order chi connectivity index (χ1) is 15.4. The molecule has 0 radical (unpaired) electrons. The Balaban J connectivity index is 2.04. The molecule has 0 amide bonds. The summed E-state index contributed by atoms with van der Waals surface area (Å²) < 4.78 is 10.1. The largest absolute Gasteiger partial charge is 0.461 e. The van der Waals surface area contributed by atoms with Crippen molar-refractivity contribution >= 4 is 34.7 Å². The lowest BCUT2D eigenvalue weighted by atomic mass is 10.2. The lowest BCUT2D eigenvalue weighted by molar-refractivity contribution is -0.384. The van der Waals surface area contributed by atoms with E-state index in [-0.39, 0.29) is 18.9 Å². The van der Waals surface area contributed by atoms with Crippen LogP contribution in [-0.2, 0) is 19.1 Å². The summed E-state index contributed by atoms with van der Waals surface area (Å²) in [4.78, 5) is 34.6. The minimum absolute atomic E-state index is 0.0223. The molecular weight excluding hydrogens is 416 g/mol. The summed E-state index contributed by atoms with van der Waals surface area (Å²) >= 11 is 0. The van der Waals surface area contributed by atoms with Crippen LogP contribution in [-0.4, -0.2) is 43.2 Å². The number of carbonyl (C=O) groups is 2. The number of carbonyl (C=O) groups excluding carboxylic acids is 2. The van der Waals surface area contributed by atoms with Gasteiger partial charge in [0.25, 0.3) is 5.69 Å². The Hall–Kier alpha value is -4.34. The Kier molecular flexibility index (Phi) is 9.26. The lowest BCUT2D eigenvalue weighted by Gasteiger charge is -2.24. The van der Waals surface area contributed by atoms with Gasteiger partial charge in [0.1, 0.15) is 13.2 Å². The fourth-order valence-corrected chi connectivity index (χ4v) is 2.49. The third-order valence-electron chi connectivity index (χ3n) is 4.10. The Morgan fingerprint density at radius 3 is 1.72 bits per heavy atom. The molecule has 0 bridgehead atoms. The van der Waals surface area contributed by atoms with Crippen molar-refractivity contribution in [2.45, 2.75) is 0 Å². The standard InChI is InChI=1S/C22H22N4O6/c1-3-21(27)31-15-13-25(14-16-32-22(28)4-2)19-9-5-17(6-10-19)23-24-18-7-11-20(12-8-18)26(29)30/h3-12H,1-2,13-16H2. The van der Waals surface area contributed by atoms with Crippen LogP contribution in [0.15, 0.2) is 84.1 Å². The zero-order chi connectivity index (χ0) is 23.3. The number of benzene rings is 2. The van der Waals surface area contributed by atoms with Crippen molar-refractivity contribution < 1.29 is 24.0 Å². The van der Waals surface area contributed by atoms with Gasteiger partial charge in [-0.3, -0.25) is 10.1 Å². The third kappa shape index (κ3) is 7.82. The Bertz CT molecular complexity index is 960. The number of anilines is 1. The summed E-state index contributed by atoms with van der Waals surface area (Å²) in [6, 6.07) is 12.8. The van der Waals surface area contributed by atoms with Crippen molar-refractivity contribution in [1.82, 2.24) is 0 Å². The van der Waals surface area contributed by atoms with E-state index in [0.717, 1.165) is 17.8 Å². The van der Waals surface area contributed by atoms with E-state index in [9.17, 15) is 19.7 Å². The number of nitro benzene ring substituents is 1. The van der Waals surface area contributed by atoms with Gasteiger partial charge in [0, 0.05) is 30.0 Å². The topological polar surface area (TPSA) is 124 Å². The monoisotopic (exact) mass is 438 g/mol. The number of ether oxygens (including phenoxy) is 2. The van der Waals surface area contributed by atoms with E-state index in [1.807, 2.05) is 4.90 Å². The molecule has 0 aliphatic heterocycles. The first-order valence-corrected chi connectivity index (χ1v) is 9.52. The summed E-state index contributed by atoms with van der Waals surface area (Å²) in [5, 5.41) is 18.9. The van der Waals surface area contributed by atoms with Crippen LogP contribution in [0, 0.1) is 10.1 Å². The number of hydrogen-bond acceptors (Lipinski definition) is 9. The highest BCUT2D eigenvalue weighted by molar-refractivity contribution is 5.81. The van der Waals surface area contributed by atoms with Crippen LogP contribution in [0.4, 0.5) is 22.7 Å². The number of esters is 2. The van der Waals surface area contributed by atoms with Gasteiger partial charge in [0.05, 0.1) is 29.4 Å². The van der Waals surface area contributed by atoms with Gasteiger partial charge < -0.3 is 14.4 Å². The number of non-ortho nitro benzene ring substituents is 1. The number of azo groups is 1. The molecule has 0 aromatic heterocycles. The van der Waals surface area contributed by atoms with Gasteiger partial charge in [0.2, 0.25) is 0 Å². The number of nitrogens with zero attached hydrogens (tertiary/aromatic N) is 4. The van der Waals surface area contributed by atoms with Crippen molar-refractivity contribution in [2.24, 2.45) is 10.2 Å².